The van der Waals surface area contributed by atoms with Crippen LogP contribution in [0.2, 0.25) is 0 Å². The van der Waals surface area contributed by atoms with E-state index in [4.69, 9.17) is 0 Å². The second-order valence-electron chi connectivity index (χ2n) is 4.23. The van der Waals surface area contributed by atoms with Crippen molar-refractivity contribution in [2.75, 3.05) is 20.1 Å². The molecule has 0 aliphatic rings. The first-order chi connectivity index (χ1) is 9.17. The molecule has 7 heteroatoms. The lowest BCUT2D eigenvalue weighted by Gasteiger charge is -2.20. The minimum Gasteiger partial charge on any atom is -0.313 e. The van der Waals surface area contributed by atoms with Crippen LogP contribution in [0.15, 0.2) is 18.3 Å². The number of rotatable bonds is 9. The monoisotopic (exact) mass is 270 g/mol. The van der Waals surface area contributed by atoms with E-state index >= 15 is 0 Å². The maximum absolute atomic E-state index is 12.8. The summed E-state index contributed by atoms with van der Waals surface area (Å²) in [6.07, 6.45) is 0.990. The Labute approximate surface area is 113 Å². The Morgan fingerprint density at radius 2 is 2.16 bits per heavy atom. The van der Waals surface area contributed by atoms with Crippen molar-refractivity contribution in [2.24, 2.45) is 0 Å². The van der Waals surface area contributed by atoms with Crippen LogP contribution in [-0.2, 0) is 0 Å². The van der Waals surface area contributed by atoms with Crippen LogP contribution >= 0.6 is 0 Å². The van der Waals surface area contributed by atoms with E-state index in [9.17, 15) is 4.39 Å². The highest BCUT2D eigenvalue weighted by molar-refractivity contribution is 5.08. The third kappa shape index (κ3) is 6.04. The molecule has 0 saturated carbocycles. The molecule has 1 heterocycles. The van der Waals surface area contributed by atoms with E-state index < -0.39 is 0 Å². The Morgan fingerprint density at radius 3 is 2.74 bits per heavy atom. The van der Waals surface area contributed by atoms with Gasteiger partial charge in [0.25, 0.3) is 0 Å². The lowest BCUT2D eigenvalue weighted by atomic mass is 10.3. The molecular weight excluding hydrogens is 247 g/mol. The van der Waals surface area contributed by atoms with E-state index in [1.54, 1.807) is 13.1 Å². The van der Waals surface area contributed by atoms with Crippen molar-refractivity contribution in [2.45, 2.75) is 26.1 Å². The van der Waals surface area contributed by atoms with Gasteiger partial charge in [0.05, 0.1) is 11.9 Å². The van der Waals surface area contributed by atoms with Crippen LogP contribution in [0, 0.1) is 5.82 Å². The second-order valence-corrected chi connectivity index (χ2v) is 4.23. The van der Waals surface area contributed by atoms with E-state index in [1.165, 1.54) is 12.3 Å². The van der Waals surface area contributed by atoms with Gasteiger partial charge in [-0.15, -0.1) is 0 Å². The first kappa shape index (κ1) is 15.9. The molecule has 0 amide bonds. The number of hydrazine groups is 2. The maximum atomic E-state index is 12.8. The lowest BCUT2D eigenvalue weighted by Crippen LogP contribution is -2.52. The molecule has 0 saturated heterocycles. The largest absolute Gasteiger partial charge is 0.313 e. The molecule has 2 unspecified atom stereocenters. The highest BCUT2D eigenvalue weighted by Gasteiger charge is 2.09. The van der Waals surface area contributed by atoms with Gasteiger partial charge in [-0.2, -0.15) is 5.53 Å². The van der Waals surface area contributed by atoms with Gasteiger partial charge in [0.2, 0.25) is 0 Å². The van der Waals surface area contributed by atoms with Crippen LogP contribution in [-0.4, -0.2) is 31.2 Å². The van der Waals surface area contributed by atoms with E-state index in [2.05, 4.69) is 45.9 Å². The lowest BCUT2D eigenvalue weighted by molar-refractivity contribution is 0.330. The number of nitrogens with one attached hydrogen (secondary N) is 5. The van der Waals surface area contributed by atoms with Crippen molar-refractivity contribution in [3.05, 3.63) is 29.8 Å². The van der Waals surface area contributed by atoms with Crippen molar-refractivity contribution >= 4 is 0 Å². The van der Waals surface area contributed by atoms with Crippen molar-refractivity contribution in [1.29, 1.82) is 0 Å². The predicted molar refractivity (Wildman–Crippen MR) is 73.4 cm³/mol. The van der Waals surface area contributed by atoms with E-state index in [1.807, 2.05) is 0 Å². The summed E-state index contributed by atoms with van der Waals surface area (Å²) in [5.74, 6) is -0.343. The molecule has 1 aromatic rings. The van der Waals surface area contributed by atoms with Gasteiger partial charge in [0, 0.05) is 12.6 Å². The number of aromatic nitrogens is 1. The van der Waals surface area contributed by atoms with Crippen LogP contribution in [0.3, 0.4) is 0 Å². The second kappa shape index (κ2) is 8.89. The summed E-state index contributed by atoms with van der Waals surface area (Å²) >= 11 is 0. The third-order valence-corrected chi connectivity index (χ3v) is 2.60. The zero-order chi connectivity index (χ0) is 14.1. The quantitative estimate of drug-likeness (QED) is 0.248. The van der Waals surface area contributed by atoms with Gasteiger partial charge in [-0.25, -0.2) is 15.2 Å². The number of pyridine rings is 1. The molecule has 6 nitrogen and oxygen atoms in total. The summed E-state index contributed by atoms with van der Waals surface area (Å²) in [5.41, 5.74) is 9.68. The van der Waals surface area contributed by atoms with Crippen LogP contribution in [0.25, 0.3) is 0 Å². The number of hydrogen-bond acceptors (Lipinski definition) is 6. The first-order valence-electron chi connectivity index (χ1n) is 6.42. The highest BCUT2D eigenvalue weighted by atomic mass is 19.1. The molecule has 5 N–H and O–H groups in total. The van der Waals surface area contributed by atoms with Crippen LogP contribution < -0.4 is 27.0 Å². The number of halogens is 1. The molecular formula is C12H23FN6. The van der Waals surface area contributed by atoms with Crippen molar-refractivity contribution in [3.63, 3.8) is 0 Å². The molecule has 2 atom stereocenters. The zero-order valence-electron chi connectivity index (χ0n) is 11.6. The average molecular weight is 270 g/mol. The summed E-state index contributed by atoms with van der Waals surface area (Å²) in [6.45, 7) is 5.87. The van der Waals surface area contributed by atoms with E-state index in [-0.39, 0.29) is 12.0 Å². The molecule has 0 aliphatic carbocycles. The minimum atomic E-state index is -0.343. The Bertz CT molecular complexity index is 345. The van der Waals surface area contributed by atoms with Gasteiger partial charge in [0.1, 0.15) is 12.0 Å². The molecule has 1 aromatic heterocycles. The summed E-state index contributed by atoms with van der Waals surface area (Å²) in [7, 11) is 1.80. The average Bonchev–Trinajstić information content (AvgIpc) is 2.41. The number of nitrogens with zero attached hydrogens (tertiary/aromatic N) is 1. The SMILES string of the molecule is CCNC(C)CNNNC(NC)c1ccc(F)cn1. The molecule has 108 valence electrons. The molecule has 0 aliphatic heterocycles. The minimum absolute atomic E-state index is 0.206. The Kier molecular flexibility index (Phi) is 7.46. The van der Waals surface area contributed by atoms with Gasteiger partial charge < -0.3 is 5.32 Å². The molecule has 0 fully saturated rings. The number of hydrogen-bond donors (Lipinski definition) is 5. The fourth-order valence-electron chi connectivity index (χ4n) is 1.60. The Hall–Kier alpha value is -1.12. The van der Waals surface area contributed by atoms with Gasteiger partial charge in [0.15, 0.2) is 0 Å². The van der Waals surface area contributed by atoms with Crippen molar-refractivity contribution < 1.29 is 4.39 Å². The molecule has 1 rings (SSSR count). The van der Waals surface area contributed by atoms with Crippen LogP contribution in [0.4, 0.5) is 4.39 Å². The molecule has 0 radical (unpaired) electrons. The summed E-state index contributed by atoms with van der Waals surface area (Å²) < 4.78 is 12.8. The predicted octanol–water partition coefficient (Wildman–Crippen LogP) is 0.0355. The molecule has 0 bridgehead atoms. The molecule has 0 spiro atoms. The maximum Gasteiger partial charge on any atom is 0.141 e. The van der Waals surface area contributed by atoms with E-state index in [0.29, 0.717) is 11.7 Å². The molecule has 0 aromatic carbocycles. The van der Waals surface area contributed by atoms with Gasteiger partial charge >= 0.3 is 0 Å². The van der Waals surface area contributed by atoms with Crippen LogP contribution in [0.5, 0.6) is 0 Å². The van der Waals surface area contributed by atoms with Gasteiger partial charge in [-0.3, -0.25) is 10.3 Å². The Morgan fingerprint density at radius 1 is 1.37 bits per heavy atom. The van der Waals surface area contributed by atoms with Crippen molar-refractivity contribution in [1.82, 2.24) is 32.0 Å². The number of likely N-dealkylation sites (N-methyl/N-ethyl adjacent to an activating group) is 1. The fraction of sp³-hybridized carbons (Fsp3) is 0.583. The summed E-state index contributed by atoms with van der Waals surface area (Å²) in [4.78, 5) is 4.01. The fourth-order valence-corrected chi connectivity index (χ4v) is 1.60. The first-order valence-corrected chi connectivity index (χ1v) is 6.42. The standard InChI is InChI=1S/C12H23FN6/c1-4-15-9(2)7-17-19-18-12(14-3)11-6-5-10(13)8-16-11/h5-6,8-9,12,14-15,17-19H,4,7H2,1-3H3. The summed E-state index contributed by atoms with van der Waals surface area (Å²) in [5, 5.41) is 6.32. The van der Waals surface area contributed by atoms with E-state index in [0.717, 1.165) is 13.1 Å². The Balaban J connectivity index is 2.31. The topological polar surface area (TPSA) is 73.0 Å². The van der Waals surface area contributed by atoms with Crippen molar-refractivity contribution in [3.8, 4) is 0 Å². The van der Waals surface area contributed by atoms with Gasteiger partial charge in [-0.05, 0) is 32.6 Å². The zero-order valence-corrected chi connectivity index (χ0v) is 11.6. The third-order valence-electron chi connectivity index (χ3n) is 2.60. The molecule has 19 heavy (non-hydrogen) atoms. The van der Waals surface area contributed by atoms with Gasteiger partial charge in [-0.1, -0.05) is 6.92 Å². The normalized spacial score (nSPS) is 14.3. The smallest absolute Gasteiger partial charge is 0.141 e. The summed E-state index contributed by atoms with van der Waals surface area (Å²) in [6, 6.07) is 3.39. The highest BCUT2D eigenvalue weighted by Crippen LogP contribution is 2.05. The van der Waals surface area contributed by atoms with Crippen LogP contribution in [0.1, 0.15) is 25.7 Å².